The maximum absolute atomic E-state index is 14.2. The average molecular weight is 340 g/mol. The standard InChI is InChI=1S/C22H25FO2/c1-2-19-20(11-6-12-21(19)23)22(16-24)13-7-10-18(14-22)25-15-17-8-4-3-5-9-17/h2-6,8-9,11-12,18,24H,1,7,10,13-16H2. The molecule has 2 atom stereocenters. The lowest BCUT2D eigenvalue weighted by Crippen LogP contribution is -2.40. The van der Waals surface area contributed by atoms with Gasteiger partial charge in [-0.15, -0.1) is 0 Å². The number of ether oxygens (including phenoxy) is 1. The molecule has 0 spiro atoms. The molecule has 0 radical (unpaired) electrons. The van der Waals surface area contributed by atoms with Crippen LogP contribution >= 0.6 is 0 Å². The lowest BCUT2D eigenvalue weighted by Gasteiger charge is -2.41. The molecule has 132 valence electrons. The Morgan fingerprint density at radius 1 is 1.20 bits per heavy atom. The summed E-state index contributed by atoms with van der Waals surface area (Å²) in [5.41, 5.74) is 2.02. The van der Waals surface area contributed by atoms with Gasteiger partial charge in [-0.25, -0.2) is 4.39 Å². The molecule has 1 aliphatic rings. The van der Waals surface area contributed by atoms with E-state index in [4.69, 9.17) is 4.74 Å². The largest absolute Gasteiger partial charge is 0.395 e. The van der Waals surface area contributed by atoms with E-state index in [9.17, 15) is 9.50 Å². The molecule has 2 aromatic carbocycles. The van der Waals surface area contributed by atoms with Crippen molar-refractivity contribution in [2.24, 2.45) is 0 Å². The van der Waals surface area contributed by atoms with Gasteiger partial charge in [0.1, 0.15) is 5.82 Å². The minimum Gasteiger partial charge on any atom is -0.395 e. The number of hydrogen-bond acceptors (Lipinski definition) is 2. The Labute approximate surface area is 149 Å². The summed E-state index contributed by atoms with van der Waals surface area (Å²) in [5, 5.41) is 10.2. The molecule has 2 unspecified atom stereocenters. The summed E-state index contributed by atoms with van der Waals surface area (Å²) in [7, 11) is 0. The van der Waals surface area contributed by atoms with E-state index in [0.717, 1.165) is 30.4 Å². The first-order valence-electron chi connectivity index (χ1n) is 8.86. The van der Waals surface area contributed by atoms with Gasteiger partial charge < -0.3 is 9.84 Å². The highest BCUT2D eigenvalue weighted by Gasteiger charge is 2.39. The van der Waals surface area contributed by atoms with E-state index < -0.39 is 5.41 Å². The smallest absolute Gasteiger partial charge is 0.130 e. The van der Waals surface area contributed by atoms with Gasteiger partial charge in [-0.2, -0.15) is 0 Å². The molecule has 2 nitrogen and oxygen atoms in total. The van der Waals surface area contributed by atoms with Gasteiger partial charge in [-0.05, 0) is 42.9 Å². The molecule has 3 rings (SSSR count). The van der Waals surface area contributed by atoms with Crippen molar-refractivity contribution in [1.29, 1.82) is 0 Å². The second-order valence-corrected chi connectivity index (χ2v) is 6.86. The van der Waals surface area contributed by atoms with Crippen LogP contribution in [0.4, 0.5) is 4.39 Å². The second-order valence-electron chi connectivity index (χ2n) is 6.86. The van der Waals surface area contributed by atoms with Gasteiger partial charge in [0.05, 0.1) is 19.3 Å². The lowest BCUT2D eigenvalue weighted by molar-refractivity contribution is -0.0172. The highest BCUT2D eigenvalue weighted by atomic mass is 19.1. The van der Waals surface area contributed by atoms with Gasteiger partial charge in [0, 0.05) is 11.0 Å². The van der Waals surface area contributed by atoms with Gasteiger partial charge in [-0.1, -0.05) is 55.1 Å². The van der Waals surface area contributed by atoms with E-state index in [1.165, 1.54) is 6.07 Å². The molecule has 0 heterocycles. The molecular weight excluding hydrogens is 315 g/mol. The van der Waals surface area contributed by atoms with Crippen LogP contribution in [0.1, 0.15) is 42.4 Å². The molecule has 0 aliphatic heterocycles. The van der Waals surface area contributed by atoms with Crippen molar-refractivity contribution < 1.29 is 14.2 Å². The number of rotatable bonds is 6. The maximum Gasteiger partial charge on any atom is 0.130 e. The predicted octanol–water partition coefficient (Wildman–Crippen LogP) is 4.86. The SMILES string of the molecule is C=Cc1c(F)cccc1C1(CO)CCCC(OCc2ccccc2)C1. The van der Waals surface area contributed by atoms with Crippen molar-refractivity contribution in [2.75, 3.05) is 6.61 Å². The molecule has 3 heteroatoms. The van der Waals surface area contributed by atoms with Crippen molar-refractivity contribution >= 4 is 6.08 Å². The van der Waals surface area contributed by atoms with Crippen molar-refractivity contribution in [3.8, 4) is 0 Å². The van der Waals surface area contributed by atoms with Crippen molar-refractivity contribution in [3.05, 3.63) is 77.6 Å². The fourth-order valence-electron chi connectivity index (χ4n) is 3.92. The summed E-state index contributed by atoms with van der Waals surface area (Å²) in [6.07, 6.45) is 5.05. The first-order chi connectivity index (χ1) is 12.2. The second kappa shape index (κ2) is 7.94. The van der Waals surface area contributed by atoms with E-state index in [2.05, 4.69) is 6.58 Å². The Hall–Kier alpha value is -1.97. The topological polar surface area (TPSA) is 29.5 Å². The molecule has 1 fully saturated rings. The molecule has 25 heavy (non-hydrogen) atoms. The summed E-state index contributed by atoms with van der Waals surface area (Å²) in [4.78, 5) is 0. The zero-order chi connectivity index (χ0) is 17.7. The van der Waals surface area contributed by atoms with Crippen molar-refractivity contribution in [3.63, 3.8) is 0 Å². The Kier molecular flexibility index (Phi) is 5.67. The van der Waals surface area contributed by atoms with Gasteiger partial charge in [0.15, 0.2) is 0 Å². The highest BCUT2D eigenvalue weighted by molar-refractivity contribution is 5.55. The van der Waals surface area contributed by atoms with Gasteiger partial charge in [0.2, 0.25) is 0 Å². The maximum atomic E-state index is 14.2. The third-order valence-corrected chi connectivity index (χ3v) is 5.26. The Morgan fingerprint density at radius 2 is 2.00 bits per heavy atom. The summed E-state index contributed by atoms with van der Waals surface area (Å²) in [6, 6.07) is 15.1. The van der Waals surface area contributed by atoms with E-state index in [0.29, 0.717) is 18.6 Å². The fraction of sp³-hybridized carbons (Fsp3) is 0.364. The summed E-state index contributed by atoms with van der Waals surface area (Å²) >= 11 is 0. The molecule has 2 aromatic rings. The van der Waals surface area contributed by atoms with Crippen molar-refractivity contribution in [2.45, 2.75) is 43.8 Å². The molecule has 0 bridgehead atoms. The van der Waals surface area contributed by atoms with E-state index >= 15 is 0 Å². The van der Waals surface area contributed by atoms with Crippen LogP contribution in [0.15, 0.2) is 55.1 Å². The summed E-state index contributed by atoms with van der Waals surface area (Å²) in [5.74, 6) is -0.285. The van der Waals surface area contributed by atoms with Crippen LogP contribution < -0.4 is 0 Å². The van der Waals surface area contributed by atoms with Crippen LogP contribution in [0.3, 0.4) is 0 Å². The zero-order valence-corrected chi connectivity index (χ0v) is 14.5. The molecule has 1 N–H and O–H groups in total. The highest BCUT2D eigenvalue weighted by Crippen LogP contribution is 2.42. The molecular formula is C22H25FO2. The number of halogens is 1. The van der Waals surface area contributed by atoms with Crippen LogP contribution in [-0.4, -0.2) is 17.8 Å². The monoisotopic (exact) mass is 340 g/mol. The minimum absolute atomic E-state index is 0.0114. The lowest BCUT2D eigenvalue weighted by atomic mass is 9.67. The van der Waals surface area contributed by atoms with Gasteiger partial charge in [0.25, 0.3) is 0 Å². The molecule has 1 aliphatic carbocycles. The fourth-order valence-corrected chi connectivity index (χ4v) is 3.92. The molecule has 1 saturated carbocycles. The summed E-state index contributed by atoms with van der Waals surface area (Å²) in [6.45, 7) is 4.30. The van der Waals surface area contributed by atoms with Gasteiger partial charge in [-0.3, -0.25) is 0 Å². The first-order valence-corrected chi connectivity index (χ1v) is 8.86. The van der Waals surface area contributed by atoms with E-state index in [1.807, 2.05) is 36.4 Å². The third-order valence-electron chi connectivity index (χ3n) is 5.26. The van der Waals surface area contributed by atoms with E-state index in [1.54, 1.807) is 12.1 Å². The Balaban J connectivity index is 1.80. The van der Waals surface area contributed by atoms with Crippen LogP contribution in [0.2, 0.25) is 0 Å². The Morgan fingerprint density at radius 3 is 2.72 bits per heavy atom. The minimum atomic E-state index is -0.467. The predicted molar refractivity (Wildman–Crippen MR) is 98.7 cm³/mol. The normalized spacial score (nSPS) is 23.4. The van der Waals surface area contributed by atoms with Crippen LogP contribution in [-0.2, 0) is 16.8 Å². The summed E-state index contributed by atoms with van der Waals surface area (Å²) < 4.78 is 20.3. The quantitative estimate of drug-likeness (QED) is 0.814. The van der Waals surface area contributed by atoms with E-state index in [-0.39, 0.29) is 18.5 Å². The van der Waals surface area contributed by atoms with Gasteiger partial charge >= 0.3 is 0 Å². The first kappa shape index (κ1) is 17.8. The zero-order valence-electron chi connectivity index (χ0n) is 14.5. The molecule has 0 aromatic heterocycles. The van der Waals surface area contributed by atoms with Crippen LogP contribution in [0.25, 0.3) is 6.08 Å². The molecule has 0 amide bonds. The number of aliphatic hydroxyl groups excluding tert-OH is 1. The Bertz CT molecular complexity index is 713. The van der Waals surface area contributed by atoms with Crippen LogP contribution in [0, 0.1) is 5.82 Å². The average Bonchev–Trinajstić information content (AvgIpc) is 2.67. The number of aliphatic hydroxyl groups is 1. The van der Waals surface area contributed by atoms with Crippen LogP contribution in [0.5, 0.6) is 0 Å². The number of benzene rings is 2. The third kappa shape index (κ3) is 3.83. The molecule has 0 saturated heterocycles. The number of hydrogen-bond donors (Lipinski definition) is 1. The van der Waals surface area contributed by atoms with Crippen molar-refractivity contribution in [1.82, 2.24) is 0 Å².